The number of piperidine rings is 1. The molecule has 21 heavy (non-hydrogen) atoms. The van der Waals surface area contributed by atoms with E-state index < -0.39 is 5.97 Å². The molecular weight excluding hydrogens is 286 g/mol. The zero-order chi connectivity index (χ0) is 15.0. The Labute approximate surface area is 129 Å². The van der Waals surface area contributed by atoms with E-state index in [0.717, 1.165) is 56.1 Å². The molecule has 0 bridgehead atoms. The minimum atomic E-state index is -0.652. The lowest BCUT2D eigenvalue weighted by molar-refractivity contribution is -0.143. The summed E-state index contributed by atoms with van der Waals surface area (Å²) in [5.41, 5.74) is 1.13. The predicted molar refractivity (Wildman–Crippen MR) is 84.2 cm³/mol. The van der Waals surface area contributed by atoms with Crippen LogP contribution in [0.2, 0.25) is 0 Å². The van der Waals surface area contributed by atoms with Crippen LogP contribution < -0.4 is 4.90 Å². The number of aliphatic carboxylic acids is 1. The van der Waals surface area contributed by atoms with Crippen LogP contribution in [0.5, 0.6) is 0 Å². The molecule has 5 nitrogen and oxygen atoms in total. The topological polar surface area (TPSA) is 56.7 Å². The first kappa shape index (κ1) is 14.8. The van der Waals surface area contributed by atoms with Gasteiger partial charge in [0.15, 0.2) is 5.13 Å². The van der Waals surface area contributed by atoms with Gasteiger partial charge in [0.25, 0.3) is 0 Å². The highest BCUT2D eigenvalue weighted by Gasteiger charge is 2.36. The molecule has 0 radical (unpaired) electrons. The van der Waals surface area contributed by atoms with Gasteiger partial charge < -0.3 is 10.0 Å². The number of anilines is 1. The molecule has 3 heterocycles. The fraction of sp³-hybridized carbons (Fsp3) is 0.733. The highest BCUT2D eigenvalue weighted by Crippen LogP contribution is 2.31. The van der Waals surface area contributed by atoms with Crippen LogP contribution in [0.1, 0.15) is 36.3 Å². The van der Waals surface area contributed by atoms with Gasteiger partial charge in [-0.15, -0.1) is 11.3 Å². The first-order valence-electron chi connectivity index (χ1n) is 7.74. The molecule has 2 aliphatic heterocycles. The largest absolute Gasteiger partial charge is 0.480 e. The van der Waals surface area contributed by atoms with Crippen molar-refractivity contribution in [1.82, 2.24) is 9.88 Å². The van der Waals surface area contributed by atoms with E-state index in [4.69, 9.17) is 0 Å². The Morgan fingerprint density at radius 3 is 2.52 bits per heavy atom. The first-order valence-corrected chi connectivity index (χ1v) is 8.55. The number of thiazole rings is 1. The molecule has 2 aliphatic rings. The van der Waals surface area contributed by atoms with E-state index in [-0.39, 0.29) is 6.04 Å². The summed E-state index contributed by atoms with van der Waals surface area (Å²) < 4.78 is 0. The average molecular weight is 309 g/mol. The highest BCUT2D eigenvalue weighted by atomic mass is 32.1. The number of carboxylic acids is 1. The Kier molecular flexibility index (Phi) is 4.17. The first-order chi connectivity index (χ1) is 10.1. The highest BCUT2D eigenvalue weighted by molar-refractivity contribution is 7.15. The number of aryl methyl sites for hydroxylation is 2. The molecule has 116 valence electrons. The molecular formula is C15H23N3O2S. The standard InChI is InChI=1S/C15H23N3O2S/c1-10-11(2)21-15(16-10)17-8-5-12(6-9-17)18-7-3-4-13(18)14(19)20/h12-13H,3-9H2,1-2H3,(H,19,20). The minimum absolute atomic E-state index is 0.258. The number of hydrogen-bond donors (Lipinski definition) is 1. The van der Waals surface area contributed by atoms with Crippen molar-refractivity contribution in [2.75, 3.05) is 24.5 Å². The molecule has 0 amide bonds. The molecule has 6 heteroatoms. The number of likely N-dealkylation sites (tertiary alicyclic amines) is 1. The minimum Gasteiger partial charge on any atom is -0.480 e. The molecule has 2 saturated heterocycles. The lowest BCUT2D eigenvalue weighted by Gasteiger charge is -2.38. The third-order valence-corrected chi connectivity index (χ3v) is 5.93. The molecule has 0 saturated carbocycles. The van der Waals surface area contributed by atoms with Gasteiger partial charge in [0, 0.05) is 24.0 Å². The van der Waals surface area contributed by atoms with Crippen molar-refractivity contribution in [2.45, 2.75) is 51.6 Å². The molecule has 1 aromatic heterocycles. The van der Waals surface area contributed by atoms with Crippen LogP contribution in [0.4, 0.5) is 5.13 Å². The summed E-state index contributed by atoms with van der Waals surface area (Å²) in [6.07, 6.45) is 3.91. The number of nitrogens with zero attached hydrogens (tertiary/aromatic N) is 3. The Bertz CT molecular complexity index is 503. The van der Waals surface area contributed by atoms with E-state index in [1.54, 1.807) is 11.3 Å². The van der Waals surface area contributed by atoms with Gasteiger partial charge in [0.1, 0.15) is 6.04 Å². The summed E-state index contributed by atoms with van der Waals surface area (Å²) in [6.45, 7) is 7.09. The fourth-order valence-electron chi connectivity index (χ4n) is 3.47. The summed E-state index contributed by atoms with van der Waals surface area (Å²) in [5, 5.41) is 10.4. The second-order valence-corrected chi connectivity index (χ2v) is 7.27. The fourth-order valence-corrected chi connectivity index (χ4v) is 4.43. The third-order valence-electron chi connectivity index (χ3n) is 4.80. The van der Waals surface area contributed by atoms with Crippen LogP contribution in [0.25, 0.3) is 0 Å². The van der Waals surface area contributed by atoms with Gasteiger partial charge in [-0.1, -0.05) is 0 Å². The normalized spacial score (nSPS) is 24.7. The van der Waals surface area contributed by atoms with Crippen LogP contribution in [0.3, 0.4) is 0 Å². The monoisotopic (exact) mass is 309 g/mol. The van der Waals surface area contributed by atoms with Crippen molar-refractivity contribution in [2.24, 2.45) is 0 Å². The Morgan fingerprint density at radius 1 is 1.24 bits per heavy atom. The van der Waals surface area contributed by atoms with Crippen molar-refractivity contribution in [1.29, 1.82) is 0 Å². The number of carboxylic acid groups (broad SMARTS) is 1. The van der Waals surface area contributed by atoms with Gasteiger partial charge in [-0.3, -0.25) is 9.69 Å². The number of carbonyl (C=O) groups is 1. The second-order valence-electron chi connectivity index (χ2n) is 6.09. The van der Waals surface area contributed by atoms with E-state index in [9.17, 15) is 9.90 Å². The molecule has 1 atom stereocenters. The molecule has 1 aromatic rings. The van der Waals surface area contributed by atoms with Crippen molar-refractivity contribution >= 4 is 22.4 Å². The molecule has 0 aromatic carbocycles. The Morgan fingerprint density at radius 2 is 1.95 bits per heavy atom. The summed E-state index contributed by atoms with van der Waals surface area (Å²) in [5.74, 6) is -0.652. The summed E-state index contributed by atoms with van der Waals surface area (Å²) in [4.78, 5) is 21.8. The van der Waals surface area contributed by atoms with Crippen molar-refractivity contribution in [3.05, 3.63) is 10.6 Å². The van der Waals surface area contributed by atoms with E-state index in [1.807, 2.05) is 0 Å². The van der Waals surface area contributed by atoms with Gasteiger partial charge in [-0.25, -0.2) is 4.98 Å². The Balaban J connectivity index is 1.61. The van der Waals surface area contributed by atoms with Gasteiger partial charge >= 0.3 is 5.97 Å². The Hall–Kier alpha value is -1.14. The SMILES string of the molecule is Cc1nc(N2CCC(N3CCCC3C(=O)O)CC2)sc1C. The maximum absolute atomic E-state index is 11.3. The van der Waals surface area contributed by atoms with Crippen molar-refractivity contribution < 1.29 is 9.90 Å². The van der Waals surface area contributed by atoms with E-state index >= 15 is 0 Å². The smallest absolute Gasteiger partial charge is 0.320 e. The van der Waals surface area contributed by atoms with Crippen LogP contribution in [0, 0.1) is 13.8 Å². The number of aromatic nitrogens is 1. The van der Waals surface area contributed by atoms with Crippen LogP contribution >= 0.6 is 11.3 Å². The molecule has 3 rings (SSSR count). The molecule has 1 N–H and O–H groups in total. The van der Waals surface area contributed by atoms with Crippen molar-refractivity contribution in [3.8, 4) is 0 Å². The lowest BCUT2D eigenvalue weighted by Crippen LogP contribution is -2.48. The van der Waals surface area contributed by atoms with Gasteiger partial charge in [0.2, 0.25) is 0 Å². The quantitative estimate of drug-likeness (QED) is 0.928. The van der Waals surface area contributed by atoms with Gasteiger partial charge in [-0.2, -0.15) is 0 Å². The maximum Gasteiger partial charge on any atom is 0.320 e. The average Bonchev–Trinajstić information content (AvgIpc) is 3.07. The second kappa shape index (κ2) is 5.93. The van der Waals surface area contributed by atoms with Crippen LogP contribution in [-0.2, 0) is 4.79 Å². The zero-order valence-corrected chi connectivity index (χ0v) is 13.5. The van der Waals surface area contributed by atoms with E-state index in [2.05, 4.69) is 28.6 Å². The zero-order valence-electron chi connectivity index (χ0n) is 12.7. The summed E-state index contributed by atoms with van der Waals surface area (Å²) in [7, 11) is 0. The van der Waals surface area contributed by atoms with E-state index in [1.165, 1.54) is 4.88 Å². The predicted octanol–water partition coefficient (Wildman–Crippen LogP) is 2.28. The number of hydrogen-bond acceptors (Lipinski definition) is 5. The maximum atomic E-state index is 11.3. The molecule has 1 unspecified atom stereocenters. The lowest BCUT2D eigenvalue weighted by atomic mass is 10.0. The molecule has 0 aliphatic carbocycles. The van der Waals surface area contributed by atoms with E-state index in [0.29, 0.717) is 6.04 Å². The van der Waals surface area contributed by atoms with Gasteiger partial charge in [0.05, 0.1) is 5.69 Å². The van der Waals surface area contributed by atoms with Crippen LogP contribution in [-0.4, -0.2) is 52.7 Å². The number of rotatable bonds is 3. The summed E-state index contributed by atoms with van der Waals surface area (Å²) in [6, 6.07) is 0.165. The molecule has 2 fully saturated rings. The van der Waals surface area contributed by atoms with Gasteiger partial charge in [-0.05, 0) is 46.1 Å². The van der Waals surface area contributed by atoms with Crippen LogP contribution in [0.15, 0.2) is 0 Å². The molecule has 0 spiro atoms. The summed E-state index contributed by atoms with van der Waals surface area (Å²) >= 11 is 1.77. The third kappa shape index (κ3) is 2.92. The van der Waals surface area contributed by atoms with Crippen molar-refractivity contribution in [3.63, 3.8) is 0 Å².